The standard InChI is InChI=1S/C10H6N2O/c1-7(13)8-2-3-9(5-11)10(4-8)6-12/h2-4H,1H3. The van der Waals surface area contributed by atoms with E-state index in [9.17, 15) is 4.79 Å². The maximum Gasteiger partial charge on any atom is 0.159 e. The number of nitriles is 2. The molecule has 0 aliphatic rings. The van der Waals surface area contributed by atoms with E-state index < -0.39 is 0 Å². The molecule has 0 aliphatic carbocycles. The van der Waals surface area contributed by atoms with Crippen LogP contribution in [0.3, 0.4) is 0 Å². The van der Waals surface area contributed by atoms with Crippen LogP contribution >= 0.6 is 0 Å². The summed E-state index contributed by atoms with van der Waals surface area (Å²) in [5.41, 5.74) is 0.998. The summed E-state index contributed by atoms with van der Waals surface area (Å²) >= 11 is 0. The topological polar surface area (TPSA) is 64.7 Å². The first-order valence-corrected chi connectivity index (χ1v) is 3.64. The molecule has 0 saturated heterocycles. The Bertz CT molecular complexity index is 435. The summed E-state index contributed by atoms with van der Waals surface area (Å²) in [7, 11) is 0. The predicted molar refractivity (Wildman–Crippen MR) is 45.9 cm³/mol. The van der Waals surface area contributed by atoms with E-state index in [2.05, 4.69) is 0 Å². The fourth-order valence-corrected chi connectivity index (χ4v) is 0.953. The highest BCUT2D eigenvalue weighted by atomic mass is 16.1. The van der Waals surface area contributed by atoms with Crippen molar-refractivity contribution in [2.45, 2.75) is 6.92 Å². The van der Waals surface area contributed by atoms with Crippen molar-refractivity contribution < 1.29 is 4.79 Å². The lowest BCUT2D eigenvalue weighted by atomic mass is 10.0. The number of hydrogen-bond donors (Lipinski definition) is 0. The van der Waals surface area contributed by atoms with Crippen LogP contribution in [0.2, 0.25) is 0 Å². The Hall–Kier alpha value is -2.13. The highest BCUT2D eigenvalue weighted by Crippen LogP contribution is 2.10. The van der Waals surface area contributed by atoms with Crippen LogP contribution in [0, 0.1) is 22.7 Å². The summed E-state index contributed by atoms with van der Waals surface area (Å²) < 4.78 is 0. The quantitative estimate of drug-likeness (QED) is 0.601. The van der Waals surface area contributed by atoms with Gasteiger partial charge in [-0.15, -0.1) is 0 Å². The van der Waals surface area contributed by atoms with Crippen molar-refractivity contribution in [1.82, 2.24) is 0 Å². The number of rotatable bonds is 1. The average Bonchev–Trinajstić information content (AvgIpc) is 2.16. The van der Waals surface area contributed by atoms with E-state index in [4.69, 9.17) is 10.5 Å². The van der Waals surface area contributed by atoms with Gasteiger partial charge in [0.2, 0.25) is 0 Å². The molecule has 0 fully saturated rings. The van der Waals surface area contributed by atoms with Crippen LogP contribution in [-0.4, -0.2) is 5.78 Å². The summed E-state index contributed by atoms with van der Waals surface area (Å²) in [6, 6.07) is 8.20. The van der Waals surface area contributed by atoms with E-state index in [-0.39, 0.29) is 11.3 Å². The van der Waals surface area contributed by atoms with Gasteiger partial charge in [0.25, 0.3) is 0 Å². The fraction of sp³-hybridized carbons (Fsp3) is 0.100. The second-order valence-electron chi connectivity index (χ2n) is 2.54. The Morgan fingerprint density at radius 3 is 2.31 bits per heavy atom. The summed E-state index contributed by atoms with van der Waals surface area (Å²) in [4.78, 5) is 10.9. The van der Waals surface area contributed by atoms with Gasteiger partial charge in [-0.2, -0.15) is 10.5 Å². The zero-order valence-corrected chi connectivity index (χ0v) is 7.03. The van der Waals surface area contributed by atoms with Gasteiger partial charge < -0.3 is 0 Å². The largest absolute Gasteiger partial charge is 0.295 e. The lowest BCUT2D eigenvalue weighted by molar-refractivity contribution is 0.101. The molecule has 0 spiro atoms. The van der Waals surface area contributed by atoms with E-state index in [1.807, 2.05) is 12.1 Å². The number of ketones is 1. The second-order valence-corrected chi connectivity index (χ2v) is 2.54. The first-order valence-electron chi connectivity index (χ1n) is 3.64. The molecule has 0 N–H and O–H groups in total. The molecule has 13 heavy (non-hydrogen) atoms. The van der Waals surface area contributed by atoms with E-state index in [1.54, 1.807) is 6.07 Å². The number of hydrogen-bond acceptors (Lipinski definition) is 3. The molecule has 0 bridgehead atoms. The minimum atomic E-state index is -0.110. The minimum absolute atomic E-state index is 0.110. The van der Waals surface area contributed by atoms with Gasteiger partial charge in [0.1, 0.15) is 12.1 Å². The van der Waals surface area contributed by atoms with Crippen molar-refractivity contribution in [2.24, 2.45) is 0 Å². The van der Waals surface area contributed by atoms with Crippen molar-refractivity contribution in [2.75, 3.05) is 0 Å². The van der Waals surface area contributed by atoms with Gasteiger partial charge in [0, 0.05) is 5.56 Å². The molecule has 0 aromatic heterocycles. The first-order chi connectivity index (χ1) is 6.19. The normalized spacial score (nSPS) is 8.54. The Kier molecular flexibility index (Phi) is 2.42. The third kappa shape index (κ3) is 1.72. The van der Waals surface area contributed by atoms with Crippen LogP contribution in [0.1, 0.15) is 28.4 Å². The van der Waals surface area contributed by atoms with Gasteiger partial charge in [-0.05, 0) is 19.1 Å². The summed E-state index contributed by atoms with van der Waals surface area (Å²) in [6.45, 7) is 1.42. The molecule has 0 unspecified atom stereocenters. The van der Waals surface area contributed by atoms with Gasteiger partial charge in [-0.1, -0.05) is 6.07 Å². The summed E-state index contributed by atoms with van der Waals surface area (Å²) in [5.74, 6) is -0.110. The zero-order valence-electron chi connectivity index (χ0n) is 7.03. The fourth-order valence-electron chi connectivity index (χ4n) is 0.953. The number of carbonyl (C=O) groups is 1. The van der Waals surface area contributed by atoms with E-state index in [0.717, 1.165) is 0 Å². The molecule has 0 atom stereocenters. The van der Waals surface area contributed by atoms with Gasteiger partial charge in [-0.3, -0.25) is 4.79 Å². The molecule has 0 amide bonds. The third-order valence-electron chi connectivity index (χ3n) is 1.67. The van der Waals surface area contributed by atoms with Crippen LogP contribution in [0.4, 0.5) is 0 Å². The third-order valence-corrected chi connectivity index (χ3v) is 1.67. The van der Waals surface area contributed by atoms with Crippen molar-refractivity contribution in [3.05, 3.63) is 34.9 Å². The van der Waals surface area contributed by atoms with Crippen molar-refractivity contribution in [1.29, 1.82) is 10.5 Å². The van der Waals surface area contributed by atoms with Crippen LogP contribution in [0.5, 0.6) is 0 Å². The monoisotopic (exact) mass is 170 g/mol. The molecule has 62 valence electrons. The predicted octanol–water partition coefficient (Wildman–Crippen LogP) is 1.63. The van der Waals surface area contributed by atoms with Gasteiger partial charge in [0.05, 0.1) is 11.1 Å². The molecular weight excluding hydrogens is 164 g/mol. The molecule has 1 rings (SSSR count). The van der Waals surface area contributed by atoms with Crippen molar-refractivity contribution >= 4 is 5.78 Å². The number of Topliss-reactive ketones (excluding diaryl/α,β-unsaturated/α-hetero) is 1. The SMILES string of the molecule is CC(=O)c1ccc(C#N)c(C#N)c1. The molecule has 3 nitrogen and oxygen atoms in total. The molecule has 1 aromatic carbocycles. The van der Waals surface area contributed by atoms with Gasteiger partial charge in [-0.25, -0.2) is 0 Å². The number of nitrogens with zero attached hydrogens (tertiary/aromatic N) is 2. The van der Waals surface area contributed by atoms with Crippen LogP contribution in [0.15, 0.2) is 18.2 Å². The maximum atomic E-state index is 10.9. The van der Waals surface area contributed by atoms with Crippen LogP contribution in [-0.2, 0) is 0 Å². The van der Waals surface area contributed by atoms with E-state index in [0.29, 0.717) is 11.1 Å². The van der Waals surface area contributed by atoms with Gasteiger partial charge >= 0.3 is 0 Å². The lowest BCUT2D eigenvalue weighted by Crippen LogP contribution is -1.94. The molecule has 3 heteroatoms. The Morgan fingerprint density at radius 1 is 1.23 bits per heavy atom. The Balaban J connectivity index is 3.33. The molecule has 0 radical (unpaired) electrons. The lowest BCUT2D eigenvalue weighted by Gasteiger charge is -1.96. The molecule has 0 heterocycles. The minimum Gasteiger partial charge on any atom is -0.295 e. The summed E-state index contributed by atoms with van der Waals surface area (Å²) in [5, 5.41) is 17.2. The molecule has 0 saturated carbocycles. The first kappa shape index (κ1) is 8.96. The summed E-state index contributed by atoms with van der Waals surface area (Å²) in [6.07, 6.45) is 0. The maximum absolute atomic E-state index is 10.9. The zero-order chi connectivity index (χ0) is 9.84. The Morgan fingerprint density at radius 2 is 1.85 bits per heavy atom. The van der Waals surface area contributed by atoms with E-state index >= 15 is 0 Å². The van der Waals surface area contributed by atoms with Crippen LogP contribution in [0.25, 0.3) is 0 Å². The highest BCUT2D eigenvalue weighted by molar-refractivity contribution is 5.94. The second kappa shape index (κ2) is 3.51. The van der Waals surface area contributed by atoms with Crippen molar-refractivity contribution in [3.8, 4) is 12.1 Å². The van der Waals surface area contributed by atoms with Crippen LogP contribution < -0.4 is 0 Å². The highest BCUT2D eigenvalue weighted by Gasteiger charge is 2.04. The van der Waals surface area contributed by atoms with E-state index in [1.165, 1.54) is 19.1 Å². The molecule has 1 aromatic rings. The molecule has 0 aliphatic heterocycles. The number of carbonyl (C=O) groups excluding carboxylic acids is 1. The smallest absolute Gasteiger partial charge is 0.159 e. The van der Waals surface area contributed by atoms with Crippen molar-refractivity contribution in [3.63, 3.8) is 0 Å². The Labute approximate surface area is 75.8 Å². The average molecular weight is 170 g/mol. The van der Waals surface area contributed by atoms with Gasteiger partial charge in [0.15, 0.2) is 5.78 Å². The number of benzene rings is 1. The molecular formula is C10H6N2O.